The van der Waals surface area contributed by atoms with Gasteiger partial charge in [-0.25, -0.2) is 4.98 Å². The topological polar surface area (TPSA) is 58.4 Å². The van der Waals surface area contributed by atoms with Gasteiger partial charge in [-0.1, -0.05) is 12.1 Å². The van der Waals surface area contributed by atoms with Crippen molar-refractivity contribution in [3.63, 3.8) is 0 Å². The molecule has 24 heavy (non-hydrogen) atoms. The summed E-state index contributed by atoms with van der Waals surface area (Å²) in [5.74, 6) is 0.945. The molecule has 0 spiro atoms. The fourth-order valence-corrected chi connectivity index (χ4v) is 3.91. The van der Waals surface area contributed by atoms with E-state index in [4.69, 9.17) is 4.98 Å². The van der Waals surface area contributed by atoms with Gasteiger partial charge in [0.15, 0.2) is 0 Å². The van der Waals surface area contributed by atoms with Crippen LogP contribution in [0.5, 0.6) is 0 Å². The van der Waals surface area contributed by atoms with Crippen LogP contribution in [0.15, 0.2) is 24.3 Å². The number of hydrogen-bond donors (Lipinski definition) is 1. The minimum Gasteiger partial charge on any atom is -0.481 e. The van der Waals surface area contributed by atoms with Gasteiger partial charge in [0.2, 0.25) is 0 Å². The highest BCUT2D eigenvalue weighted by atomic mass is 16.4. The van der Waals surface area contributed by atoms with Crippen molar-refractivity contribution < 1.29 is 9.90 Å². The van der Waals surface area contributed by atoms with E-state index in [1.54, 1.807) is 0 Å². The van der Waals surface area contributed by atoms with E-state index in [2.05, 4.69) is 36.4 Å². The first-order valence-corrected chi connectivity index (χ1v) is 8.82. The van der Waals surface area contributed by atoms with E-state index in [1.807, 2.05) is 18.2 Å². The molecule has 1 N–H and O–H groups in total. The first-order chi connectivity index (χ1) is 11.5. The summed E-state index contributed by atoms with van der Waals surface area (Å²) in [4.78, 5) is 18.5. The molecule has 1 aliphatic rings. The third kappa shape index (κ3) is 3.46. The van der Waals surface area contributed by atoms with E-state index in [9.17, 15) is 9.90 Å². The van der Waals surface area contributed by atoms with Crippen molar-refractivity contribution >= 4 is 17.0 Å². The number of rotatable bonds is 5. The summed E-state index contributed by atoms with van der Waals surface area (Å²) >= 11 is 0. The van der Waals surface area contributed by atoms with E-state index in [0.717, 1.165) is 42.8 Å². The van der Waals surface area contributed by atoms with Crippen molar-refractivity contribution in [2.45, 2.75) is 39.2 Å². The average molecular weight is 329 g/mol. The number of nitrogens with zero attached hydrogens (tertiary/aromatic N) is 3. The molecule has 5 heteroatoms. The van der Waals surface area contributed by atoms with Crippen LogP contribution in [-0.2, 0) is 18.3 Å². The Labute approximate surface area is 143 Å². The molecule has 1 aromatic carbocycles. The number of aliphatic carboxylic acids is 1. The first-order valence-electron chi connectivity index (χ1n) is 8.82. The summed E-state index contributed by atoms with van der Waals surface area (Å²) < 4.78 is 2.15. The molecule has 3 rings (SSSR count). The van der Waals surface area contributed by atoms with Crippen LogP contribution in [0.3, 0.4) is 0 Å². The molecule has 0 saturated carbocycles. The molecule has 2 heterocycles. The highest BCUT2D eigenvalue weighted by molar-refractivity contribution is 5.75. The second-order valence-corrected chi connectivity index (χ2v) is 7.28. The van der Waals surface area contributed by atoms with Crippen molar-refractivity contribution in [2.75, 3.05) is 13.1 Å². The Bertz CT molecular complexity index is 722. The maximum Gasteiger partial charge on any atom is 0.303 e. The van der Waals surface area contributed by atoms with Crippen LogP contribution in [-0.4, -0.2) is 44.7 Å². The minimum absolute atomic E-state index is 0.234. The summed E-state index contributed by atoms with van der Waals surface area (Å²) in [6.07, 6.45) is 2.06. The molecule has 130 valence electrons. The van der Waals surface area contributed by atoms with Gasteiger partial charge in [0, 0.05) is 32.5 Å². The molecule has 2 aromatic rings. The van der Waals surface area contributed by atoms with Crippen molar-refractivity contribution in [3.8, 4) is 0 Å². The van der Waals surface area contributed by atoms with Gasteiger partial charge in [-0.05, 0) is 50.8 Å². The highest BCUT2D eigenvalue weighted by Gasteiger charge is 2.32. The van der Waals surface area contributed by atoms with Gasteiger partial charge in [0.05, 0.1) is 11.0 Å². The summed E-state index contributed by atoms with van der Waals surface area (Å²) in [5, 5.41) is 9.26. The third-order valence-corrected chi connectivity index (χ3v) is 5.41. The van der Waals surface area contributed by atoms with Crippen LogP contribution in [0.25, 0.3) is 11.0 Å². The Hall–Kier alpha value is -1.88. The third-order valence-electron chi connectivity index (χ3n) is 5.41. The number of carbonyl (C=O) groups is 1. The molecule has 1 aromatic heterocycles. The minimum atomic E-state index is -0.687. The zero-order valence-corrected chi connectivity index (χ0v) is 14.8. The van der Waals surface area contributed by atoms with Crippen LogP contribution in [0.1, 0.15) is 32.5 Å². The molecule has 1 saturated heterocycles. The van der Waals surface area contributed by atoms with Crippen LogP contribution in [0.2, 0.25) is 0 Å². The lowest BCUT2D eigenvalue weighted by molar-refractivity contribution is -0.139. The zero-order chi connectivity index (χ0) is 17.3. The Morgan fingerprint density at radius 3 is 2.75 bits per heavy atom. The zero-order valence-electron chi connectivity index (χ0n) is 14.8. The first kappa shape index (κ1) is 17.0. The number of imidazole rings is 1. The highest BCUT2D eigenvalue weighted by Crippen LogP contribution is 2.31. The molecule has 0 bridgehead atoms. The predicted molar refractivity (Wildman–Crippen MR) is 95.0 cm³/mol. The quantitative estimate of drug-likeness (QED) is 0.916. The van der Waals surface area contributed by atoms with Crippen molar-refractivity contribution in [2.24, 2.45) is 18.9 Å². The van der Waals surface area contributed by atoms with Crippen LogP contribution >= 0.6 is 0 Å². The smallest absolute Gasteiger partial charge is 0.303 e. The monoisotopic (exact) mass is 329 g/mol. The molecular weight excluding hydrogens is 302 g/mol. The molecular formula is C19H27N3O2. The Morgan fingerprint density at radius 1 is 1.33 bits per heavy atom. The average Bonchev–Trinajstić information content (AvgIpc) is 2.85. The largest absolute Gasteiger partial charge is 0.481 e. The van der Waals surface area contributed by atoms with Gasteiger partial charge in [0.1, 0.15) is 5.82 Å². The number of carboxylic acids is 1. The van der Waals surface area contributed by atoms with Gasteiger partial charge in [-0.3, -0.25) is 4.79 Å². The maximum absolute atomic E-state index is 11.3. The summed E-state index contributed by atoms with van der Waals surface area (Å²) in [6.45, 7) is 6.38. The number of likely N-dealkylation sites (tertiary alicyclic amines) is 1. The Kier molecular flexibility index (Phi) is 4.90. The van der Waals surface area contributed by atoms with Crippen molar-refractivity contribution in [3.05, 3.63) is 30.1 Å². The van der Waals surface area contributed by atoms with Gasteiger partial charge < -0.3 is 14.6 Å². The molecule has 2 unspecified atom stereocenters. The van der Waals surface area contributed by atoms with Crippen LogP contribution in [0, 0.1) is 11.8 Å². The summed E-state index contributed by atoms with van der Waals surface area (Å²) in [5.41, 5.74) is 2.15. The molecule has 0 aliphatic carbocycles. The number of piperidine rings is 1. The van der Waals surface area contributed by atoms with E-state index < -0.39 is 5.97 Å². The molecule has 1 aliphatic heterocycles. The number of fused-ring (bicyclic) bond motifs is 1. The van der Waals surface area contributed by atoms with Gasteiger partial charge in [-0.2, -0.15) is 0 Å². The lowest BCUT2D eigenvalue weighted by Gasteiger charge is -2.40. The van der Waals surface area contributed by atoms with Crippen molar-refractivity contribution in [1.82, 2.24) is 14.5 Å². The molecule has 0 radical (unpaired) electrons. The summed E-state index contributed by atoms with van der Waals surface area (Å²) in [7, 11) is 2.06. The number of para-hydroxylation sites is 2. The lowest BCUT2D eigenvalue weighted by Crippen LogP contribution is -2.45. The van der Waals surface area contributed by atoms with Crippen molar-refractivity contribution in [1.29, 1.82) is 0 Å². The van der Waals surface area contributed by atoms with Crippen LogP contribution < -0.4 is 0 Å². The van der Waals surface area contributed by atoms with E-state index in [1.165, 1.54) is 0 Å². The maximum atomic E-state index is 11.3. The number of hydrogen-bond acceptors (Lipinski definition) is 3. The number of benzene rings is 1. The number of carboxylic acid groups (broad SMARTS) is 1. The Balaban J connectivity index is 1.84. The fraction of sp³-hybridized carbons (Fsp3) is 0.579. The normalized spacial score (nSPS) is 22.3. The number of aryl methyl sites for hydroxylation is 1. The Morgan fingerprint density at radius 2 is 2.08 bits per heavy atom. The molecule has 0 amide bonds. The van der Waals surface area contributed by atoms with Gasteiger partial charge in [-0.15, -0.1) is 0 Å². The standard InChI is InChI=1S/C19H27N3O2/c1-13(2)22-9-8-14(11-19(23)24)15(12-22)10-18-20-16-6-4-5-7-17(16)21(18)3/h4-7,13-15H,8-12H2,1-3H3,(H,23,24). The van der Waals surface area contributed by atoms with Crippen LogP contribution in [0.4, 0.5) is 0 Å². The summed E-state index contributed by atoms with van der Waals surface area (Å²) in [6, 6.07) is 8.66. The molecule has 5 nitrogen and oxygen atoms in total. The second kappa shape index (κ2) is 6.93. The fourth-order valence-electron chi connectivity index (χ4n) is 3.91. The van der Waals surface area contributed by atoms with E-state index >= 15 is 0 Å². The number of aromatic nitrogens is 2. The lowest BCUT2D eigenvalue weighted by atomic mass is 9.80. The molecule has 2 atom stereocenters. The van der Waals surface area contributed by atoms with Gasteiger partial charge >= 0.3 is 5.97 Å². The van der Waals surface area contributed by atoms with Gasteiger partial charge in [0.25, 0.3) is 0 Å². The second-order valence-electron chi connectivity index (χ2n) is 7.28. The van der Waals surface area contributed by atoms with E-state index in [-0.39, 0.29) is 12.3 Å². The SMILES string of the molecule is CC(C)N1CCC(CC(=O)O)C(Cc2nc3ccccc3n2C)C1. The molecule has 1 fully saturated rings. The predicted octanol–water partition coefficient (Wildman–Crippen LogP) is 2.94. The van der Waals surface area contributed by atoms with E-state index in [0.29, 0.717) is 12.0 Å².